The molecule has 0 aromatic heterocycles. The lowest BCUT2D eigenvalue weighted by Crippen LogP contribution is -2.13. The summed E-state index contributed by atoms with van der Waals surface area (Å²) in [4.78, 5) is 0. The molecule has 0 bridgehead atoms. The first kappa shape index (κ1) is 15.4. The zero-order chi connectivity index (χ0) is 15.4. The van der Waals surface area contributed by atoms with Crippen LogP contribution in [0.3, 0.4) is 0 Å². The third-order valence-corrected chi connectivity index (χ3v) is 3.40. The van der Waals surface area contributed by atoms with Crippen LogP contribution in [0, 0.1) is 11.6 Å². The van der Waals surface area contributed by atoms with E-state index < -0.39 is 17.7 Å². The van der Waals surface area contributed by atoms with Crippen molar-refractivity contribution in [2.75, 3.05) is 11.9 Å². The number of rotatable bonds is 5. The van der Waals surface area contributed by atoms with Gasteiger partial charge >= 0.3 is 0 Å². The highest BCUT2D eigenvalue weighted by Gasteiger charge is 2.13. The summed E-state index contributed by atoms with van der Waals surface area (Å²) in [5.74, 6) is -0.932. The quantitative estimate of drug-likeness (QED) is 0.864. The smallest absolute Gasteiger partial charge is 0.131 e. The lowest BCUT2D eigenvalue weighted by atomic mass is 10.0. The molecule has 21 heavy (non-hydrogen) atoms. The molecule has 2 aromatic carbocycles. The number of hydrogen-bond acceptors (Lipinski definition) is 2. The molecule has 0 heterocycles. The Balaban J connectivity index is 1.98. The van der Waals surface area contributed by atoms with E-state index in [4.69, 9.17) is 0 Å². The molecule has 0 saturated heterocycles. The van der Waals surface area contributed by atoms with E-state index in [-0.39, 0.29) is 12.1 Å². The second kappa shape index (κ2) is 6.68. The summed E-state index contributed by atoms with van der Waals surface area (Å²) >= 11 is 0. The van der Waals surface area contributed by atoms with Gasteiger partial charge in [-0.05, 0) is 29.7 Å². The van der Waals surface area contributed by atoms with Crippen LogP contribution < -0.4 is 5.32 Å². The third-order valence-electron chi connectivity index (χ3n) is 3.40. The largest absolute Gasteiger partial charge is 0.386 e. The average molecular weight is 291 g/mol. The summed E-state index contributed by atoms with van der Waals surface area (Å²) in [6.45, 7) is 4.39. The molecule has 2 aromatic rings. The van der Waals surface area contributed by atoms with Crippen molar-refractivity contribution >= 4 is 5.69 Å². The van der Waals surface area contributed by atoms with E-state index in [1.54, 1.807) is 0 Å². The van der Waals surface area contributed by atoms with Gasteiger partial charge in [0.1, 0.15) is 11.6 Å². The highest BCUT2D eigenvalue weighted by molar-refractivity contribution is 5.45. The van der Waals surface area contributed by atoms with Crippen LogP contribution in [0.25, 0.3) is 0 Å². The predicted octanol–water partition coefficient (Wildman–Crippen LogP) is 4.23. The van der Waals surface area contributed by atoms with Crippen LogP contribution in [0.15, 0.2) is 42.5 Å². The first-order valence-electron chi connectivity index (χ1n) is 6.94. The number of benzene rings is 2. The van der Waals surface area contributed by atoms with Crippen LogP contribution in [0.1, 0.15) is 37.0 Å². The number of anilines is 1. The van der Waals surface area contributed by atoms with Crippen LogP contribution in [0.4, 0.5) is 14.5 Å². The number of hydrogen-bond donors (Lipinski definition) is 2. The van der Waals surface area contributed by atoms with Gasteiger partial charge in [0, 0.05) is 23.9 Å². The number of nitrogens with one attached hydrogen (secondary N) is 1. The highest BCUT2D eigenvalue weighted by Crippen LogP contribution is 2.20. The minimum atomic E-state index is -1.03. The lowest BCUT2D eigenvalue weighted by molar-refractivity contribution is 0.186. The summed E-state index contributed by atoms with van der Waals surface area (Å²) in [5.41, 5.74) is 2.16. The van der Waals surface area contributed by atoms with Crippen LogP contribution in [0.5, 0.6) is 0 Å². The molecule has 0 aliphatic carbocycles. The van der Waals surface area contributed by atoms with Crippen LogP contribution in [-0.2, 0) is 0 Å². The Morgan fingerprint density at radius 1 is 1.05 bits per heavy atom. The average Bonchev–Trinajstić information content (AvgIpc) is 2.45. The van der Waals surface area contributed by atoms with E-state index in [1.165, 1.54) is 11.6 Å². The summed E-state index contributed by atoms with van der Waals surface area (Å²) in [7, 11) is 0. The molecule has 112 valence electrons. The van der Waals surface area contributed by atoms with Crippen molar-refractivity contribution in [2.45, 2.75) is 25.9 Å². The van der Waals surface area contributed by atoms with Crippen molar-refractivity contribution in [1.82, 2.24) is 0 Å². The second-order valence-corrected chi connectivity index (χ2v) is 5.34. The molecular weight excluding hydrogens is 272 g/mol. The Morgan fingerprint density at radius 3 is 2.29 bits per heavy atom. The van der Waals surface area contributed by atoms with Crippen molar-refractivity contribution in [3.63, 3.8) is 0 Å². The van der Waals surface area contributed by atoms with Gasteiger partial charge in [0.05, 0.1) is 6.10 Å². The first-order chi connectivity index (χ1) is 9.97. The zero-order valence-corrected chi connectivity index (χ0v) is 12.1. The molecule has 0 radical (unpaired) electrons. The molecule has 0 fully saturated rings. The van der Waals surface area contributed by atoms with Gasteiger partial charge < -0.3 is 10.4 Å². The Hall–Kier alpha value is -1.94. The fraction of sp³-hybridized carbons (Fsp3) is 0.294. The Kier molecular flexibility index (Phi) is 4.91. The number of halogens is 2. The fourth-order valence-electron chi connectivity index (χ4n) is 2.08. The van der Waals surface area contributed by atoms with Crippen molar-refractivity contribution in [3.8, 4) is 0 Å². The fourth-order valence-corrected chi connectivity index (χ4v) is 2.08. The normalized spacial score (nSPS) is 12.5. The summed E-state index contributed by atoms with van der Waals surface area (Å²) in [6, 6.07) is 11.0. The zero-order valence-electron chi connectivity index (χ0n) is 12.1. The van der Waals surface area contributed by atoms with Gasteiger partial charge in [-0.3, -0.25) is 0 Å². The summed E-state index contributed by atoms with van der Waals surface area (Å²) in [5, 5.41) is 13.0. The van der Waals surface area contributed by atoms with Crippen LogP contribution >= 0.6 is 0 Å². The highest BCUT2D eigenvalue weighted by atomic mass is 19.1. The Morgan fingerprint density at radius 2 is 1.71 bits per heavy atom. The van der Waals surface area contributed by atoms with Gasteiger partial charge in [0.2, 0.25) is 0 Å². The van der Waals surface area contributed by atoms with E-state index in [1.807, 2.05) is 24.3 Å². The molecule has 2 rings (SSSR count). The topological polar surface area (TPSA) is 32.3 Å². The minimum absolute atomic E-state index is 0.0858. The van der Waals surface area contributed by atoms with E-state index in [0.29, 0.717) is 5.92 Å². The van der Waals surface area contributed by atoms with Gasteiger partial charge in [-0.25, -0.2) is 8.78 Å². The van der Waals surface area contributed by atoms with Crippen LogP contribution in [-0.4, -0.2) is 11.7 Å². The molecule has 1 unspecified atom stereocenters. The molecule has 0 aliphatic rings. The molecule has 0 aliphatic heterocycles. The van der Waals surface area contributed by atoms with Crippen molar-refractivity contribution < 1.29 is 13.9 Å². The predicted molar refractivity (Wildman–Crippen MR) is 80.3 cm³/mol. The maximum absolute atomic E-state index is 13.5. The van der Waals surface area contributed by atoms with Gasteiger partial charge in [-0.15, -0.1) is 0 Å². The second-order valence-electron chi connectivity index (χ2n) is 5.34. The Bertz CT molecular complexity index is 596. The van der Waals surface area contributed by atoms with E-state index in [9.17, 15) is 13.9 Å². The molecule has 0 amide bonds. The van der Waals surface area contributed by atoms with E-state index in [2.05, 4.69) is 19.2 Å². The molecule has 0 spiro atoms. The third kappa shape index (κ3) is 4.02. The number of aliphatic hydroxyl groups is 1. The molecular formula is C17H19F2NO. The monoisotopic (exact) mass is 291 g/mol. The standard InChI is InChI=1S/C17H19F2NO/c1-11(2)12-3-6-14(7-4-12)20-10-17(21)15-8-5-13(18)9-16(15)19/h3-9,11,17,20-21H,10H2,1-2H3. The molecule has 2 N–H and O–H groups in total. The van der Waals surface area contributed by atoms with E-state index >= 15 is 0 Å². The molecule has 2 nitrogen and oxygen atoms in total. The van der Waals surface area contributed by atoms with Gasteiger partial charge in [-0.1, -0.05) is 32.0 Å². The van der Waals surface area contributed by atoms with Crippen LogP contribution in [0.2, 0.25) is 0 Å². The van der Waals surface area contributed by atoms with Gasteiger partial charge in [0.15, 0.2) is 0 Å². The Labute approximate surface area is 123 Å². The SMILES string of the molecule is CC(C)c1ccc(NCC(O)c2ccc(F)cc2F)cc1. The van der Waals surface area contributed by atoms with Gasteiger partial charge in [-0.2, -0.15) is 0 Å². The first-order valence-corrected chi connectivity index (χ1v) is 6.94. The molecule has 0 saturated carbocycles. The maximum atomic E-state index is 13.5. The maximum Gasteiger partial charge on any atom is 0.131 e. The lowest BCUT2D eigenvalue weighted by Gasteiger charge is -2.14. The van der Waals surface area contributed by atoms with Crippen molar-refractivity contribution in [2.24, 2.45) is 0 Å². The van der Waals surface area contributed by atoms with E-state index in [0.717, 1.165) is 17.8 Å². The number of aliphatic hydroxyl groups excluding tert-OH is 1. The molecule has 1 atom stereocenters. The van der Waals surface area contributed by atoms with Crippen molar-refractivity contribution in [1.29, 1.82) is 0 Å². The molecule has 4 heteroatoms. The minimum Gasteiger partial charge on any atom is -0.386 e. The van der Waals surface area contributed by atoms with Gasteiger partial charge in [0.25, 0.3) is 0 Å². The summed E-state index contributed by atoms with van der Waals surface area (Å²) in [6.07, 6.45) is -1.03. The summed E-state index contributed by atoms with van der Waals surface area (Å²) < 4.78 is 26.4. The van der Waals surface area contributed by atoms with Crippen molar-refractivity contribution in [3.05, 3.63) is 65.2 Å².